The van der Waals surface area contributed by atoms with Crippen molar-refractivity contribution in [1.29, 1.82) is 0 Å². The van der Waals surface area contributed by atoms with E-state index in [2.05, 4.69) is 4.99 Å². The minimum atomic E-state index is -0.403. The van der Waals surface area contributed by atoms with Crippen molar-refractivity contribution >= 4 is 17.9 Å². The number of aliphatic imine (C=N–C) groups is 1. The Hall–Kier alpha value is -2.36. The summed E-state index contributed by atoms with van der Waals surface area (Å²) in [5, 5.41) is 0. The molecule has 0 amide bonds. The van der Waals surface area contributed by atoms with Crippen LogP contribution in [0.1, 0.15) is 26.3 Å². The lowest BCUT2D eigenvalue weighted by Crippen LogP contribution is -2.21. The lowest BCUT2D eigenvalue weighted by atomic mass is 9.97. The number of benzene rings is 1. The maximum atomic E-state index is 11.9. The number of esters is 1. The smallest absolute Gasteiger partial charge is 0.363 e. The third-order valence-electron chi connectivity index (χ3n) is 3.24. The van der Waals surface area contributed by atoms with Crippen LogP contribution in [0, 0.1) is 5.41 Å². The predicted octanol–water partition coefficient (Wildman–Crippen LogP) is 3.35. The Morgan fingerprint density at radius 1 is 1.24 bits per heavy atom. The summed E-state index contributed by atoms with van der Waals surface area (Å²) in [6.07, 6.45) is 3.74. The monoisotopic (exact) mass is 283 g/mol. The molecular formula is C17H17NO3. The molecule has 0 saturated heterocycles. The molecule has 1 aromatic rings. The molecule has 0 N–H and O–H groups in total. The van der Waals surface area contributed by atoms with E-state index in [9.17, 15) is 4.79 Å². The molecule has 4 nitrogen and oxygen atoms in total. The summed E-state index contributed by atoms with van der Waals surface area (Å²) in [5.41, 5.74) is 1.95. The molecule has 0 unspecified atom stereocenters. The zero-order chi connectivity index (χ0) is 15.0. The summed E-state index contributed by atoms with van der Waals surface area (Å²) in [6.45, 7) is 6.30. The average molecular weight is 283 g/mol. The number of hydrogen-bond acceptors (Lipinski definition) is 4. The van der Waals surface area contributed by atoms with Crippen LogP contribution in [0.15, 0.2) is 46.6 Å². The van der Waals surface area contributed by atoms with E-state index in [0.717, 1.165) is 16.9 Å². The number of carbonyl (C=O) groups excluding carboxylic acids is 1. The van der Waals surface area contributed by atoms with Gasteiger partial charge < -0.3 is 9.47 Å². The van der Waals surface area contributed by atoms with E-state index >= 15 is 0 Å². The second-order valence-electron chi connectivity index (χ2n) is 6.13. The van der Waals surface area contributed by atoms with Crippen molar-refractivity contribution in [3.63, 3.8) is 0 Å². The second kappa shape index (κ2) is 4.88. The van der Waals surface area contributed by atoms with E-state index in [1.54, 1.807) is 6.08 Å². The number of rotatable bonds is 1. The van der Waals surface area contributed by atoms with Crippen molar-refractivity contribution in [3.8, 4) is 5.75 Å². The Bertz CT molecular complexity index is 690. The van der Waals surface area contributed by atoms with Gasteiger partial charge in [0.25, 0.3) is 0 Å². The molecule has 0 aromatic heterocycles. The van der Waals surface area contributed by atoms with Crippen molar-refractivity contribution in [2.24, 2.45) is 10.4 Å². The van der Waals surface area contributed by atoms with E-state index in [1.807, 2.05) is 51.1 Å². The standard InChI is InChI=1S/C17H17NO3/c1-17(2,3)16-18-13(15(19)21-16)9-11-8-12-6-4-5-7-14(12)20-10-11/h4-9H,10H2,1-3H3/b13-9+. The normalized spacial score (nSPS) is 19.6. The maximum Gasteiger partial charge on any atom is 0.363 e. The molecule has 0 bridgehead atoms. The molecule has 2 aliphatic rings. The third kappa shape index (κ3) is 2.75. The lowest BCUT2D eigenvalue weighted by Gasteiger charge is -2.15. The molecule has 3 rings (SSSR count). The quantitative estimate of drug-likeness (QED) is 0.586. The maximum absolute atomic E-state index is 11.9. The van der Waals surface area contributed by atoms with Crippen molar-refractivity contribution < 1.29 is 14.3 Å². The summed E-state index contributed by atoms with van der Waals surface area (Å²) in [5.74, 6) is 0.906. The highest BCUT2D eigenvalue weighted by Gasteiger charge is 2.31. The Morgan fingerprint density at radius 2 is 2.00 bits per heavy atom. The molecular weight excluding hydrogens is 266 g/mol. The molecule has 2 aliphatic heterocycles. The average Bonchev–Trinajstić information content (AvgIpc) is 2.80. The van der Waals surface area contributed by atoms with Gasteiger partial charge in [0.2, 0.25) is 5.90 Å². The first-order valence-corrected chi connectivity index (χ1v) is 6.89. The molecule has 0 spiro atoms. The van der Waals surface area contributed by atoms with Gasteiger partial charge in [0.05, 0.1) is 0 Å². The SMILES string of the molecule is CC(C)(C)C1=N/C(=C/C2=Cc3ccccc3OC2)C(=O)O1. The van der Waals surface area contributed by atoms with Gasteiger partial charge in [-0.05, 0) is 23.8 Å². The Labute approximate surface area is 123 Å². The first kappa shape index (κ1) is 13.6. The third-order valence-corrected chi connectivity index (χ3v) is 3.24. The zero-order valence-corrected chi connectivity index (χ0v) is 12.3. The van der Waals surface area contributed by atoms with Crippen molar-refractivity contribution in [3.05, 3.63) is 47.2 Å². The number of nitrogens with zero attached hydrogens (tertiary/aromatic N) is 1. The molecule has 21 heavy (non-hydrogen) atoms. The number of para-hydroxylation sites is 1. The fraction of sp³-hybridized carbons (Fsp3) is 0.294. The van der Waals surface area contributed by atoms with Crippen LogP contribution in [0.2, 0.25) is 0 Å². The number of hydrogen-bond donors (Lipinski definition) is 0. The van der Waals surface area contributed by atoms with Crippen LogP contribution in [0.4, 0.5) is 0 Å². The first-order valence-electron chi connectivity index (χ1n) is 6.89. The van der Waals surface area contributed by atoms with Gasteiger partial charge in [0.15, 0.2) is 5.70 Å². The van der Waals surface area contributed by atoms with Gasteiger partial charge in [0, 0.05) is 11.0 Å². The summed E-state index contributed by atoms with van der Waals surface area (Å²) >= 11 is 0. The van der Waals surface area contributed by atoms with Gasteiger partial charge in [-0.1, -0.05) is 39.0 Å². The molecule has 1 aromatic carbocycles. The largest absolute Gasteiger partial charge is 0.488 e. The number of carbonyl (C=O) groups is 1. The van der Waals surface area contributed by atoms with Gasteiger partial charge in [-0.2, -0.15) is 0 Å². The Balaban J connectivity index is 1.92. The van der Waals surface area contributed by atoms with E-state index in [0.29, 0.717) is 18.2 Å². The van der Waals surface area contributed by atoms with Gasteiger partial charge in [-0.15, -0.1) is 0 Å². The van der Waals surface area contributed by atoms with Gasteiger partial charge >= 0.3 is 5.97 Å². The lowest BCUT2D eigenvalue weighted by molar-refractivity contribution is -0.130. The van der Waals surface area contributed by atoms with Gasteiger partial charge in [0.1, 0.15) is 12.4 Å². The fourth-order valence-electron chi connectivity index (χ4n) is 2.12. The fourth-order valence-corrected chi connectivity index (χ4v) is 2.12. The topological polar surface area (TPSA) is 47.9 Å². The van der Waals surface area contributed by atoms with Crippen molar-refractivity contribution in [2.45, 2.75) is 20.8 Å². The molecule has 108 valence electrons. The van der Waals surface area contributed by atoms with Gasteiger partial charge in [-0.3, -0.25) is 0 Å². The zero-order valence-electron chi connectivity index (χ0n) is 12.3. The predicted molar refractivity (Wildman–Crippen MR) is 81.0 cm³/mol. The molecule has 0 aliphatic carbocycles. The van der Waals surface area contributed by atoms with Crippen LogP contribution in [0.5, 0.6) is 5.75 Å². The highest BCUT2D eigenvalue weighted by molar-refractivity contribution is 6.06. The molecule has 0 atom stereocenters. The van der Waals surface area contributed by atoms with E-state index in [4.69, 9.17) is 9.47 Å². The highest BCUT2D eigenvalue weighted by atomic mass is 16.6. The first-order chi connectivity index (χ1) is 9.93. The Kier molecular flexibility index (Phi) is 3.16. The van der Waals surface area contributed by atoms with E-state index in [-0.39, 0.29) is 5.41 Å². The summed E-state index contributed by atoms with van der Waals surface area (Å²) < 4.78 is 10.9. The van der Waals surface area contributed by atoms with Crippen LogP contribution in [-0.4, -0.2) is 18.5 Å². The van der Waals surface area contributed by atoms with Crippen LogP contribution >= 0.6 is 0 Å². The van der Waals surface area contributed by atoms with Crippen LogP contribution in [-0.2, 0) is 9.53 Å². The molecule has 0 fully saturated rings. The summed E-state index contributed by atoms with van der Waals surface area (Å²) in [7, 11) is 0. The van der Waals surface area contributed by atoms with E-state index in [1.165, 1.54) is 0 Å². The molecule has 0 radical (unpaired) electrons. The number of cyclic esters (lactones) is 1. The highest BCUT2D eigenvalue weighted by Crippen LogP contribution is 2.29. The Morgan fingerprint density at radius 3 is 2.71 bits per heavy atom. The van der Waals surface area contributed by atoms with Gasteiger partial charge in [-0.25, -0.2) is 9.79 Å². The molecule has 0 saturated carbocycles. The van der Waals surface area contributed by atoms with Crippen molar-refractivity contribution in [2.75, 3.05) is 6.61 Å². The second-order valence-corrected chi connectivity index (χ2v) is 6.13. The van der Waals surface area contributed by atoms with Crippen molar-refractivity contribution in [1.82, 2.24) is 0 Å². The summed E-state index contributed by atoms with van der Waals surface area (Å²) in [6, 6.07) is 7.79. The number of ether oxygens (including phenoxy) is 2. The number of fused-ring (bicyclic) bond motifs is 1. The van der Waals surface area contributed by atoms with Crippen LogP contribution in [0.25, 0.3) is 6.08 Å². The molecule has 4 heteroatoms. The van der Waals surface area contributed by atoms with Crippen LogP contribution < -0.4 is 4.74 Å². The van der Waals surface area contributed by atoms with Crippen LogP contribution in [0.3, 0.4) is 0 Å². The summed E-state index contributed by atoms with van der Waals surface area (Å²) in [4.78, 5) is 16.2. The molecule has 2 heterocycles. The minimum absolute atomic E-state index is 0.282. The van der Waals surface area contributed by atoms with E-state index < -0.39 is 5.97 Å². The minimum Gasteiger partial charge on any atom is -0.488 e.